The molecule has 2 saturated heterocycles. The van der Waals surface area contributed by atoms with Crippen molar-refractivity contribution in [2.45, 2.75) is 86.2 Å². The van der Waals surface area contributed by atoms with Crippen molar-refractivity contribution in [3.63, 3.8) is 0 Å². The van der Waals surface area contributed by atoms with E-state index < -0.39 is 28.3 Å². The summed E-state index contributed by atoms with van der Waals surface area (Å²) in [6.45, 7) is 2.41. The molecule has 3 aliphatic carbocycles. The first kappa shape index (κ1) is 24.8. The van der Waals surface area contributed by atoms with E-state index in [4.69, 9.17) is 27.9 Å². The van der Waals surface area contributed by atoms with E-state index in [-0.39, 0.29) is 23.3 Å². The zero-order valence-electron chi connectivity index (χ0n) is 21.8. The van der Waals surface area contributed by atoms with E-state index in [0.29, 0.717) is 11.6 Å². The van der Waals surface area contributed by atoms with Gasteiger partial charge in [-0.15, -0.1) is 11.6 Å². The van der Waals surface area contributed by atoms with Gasteiger partial charge in [-0.05, 0) is 93.1 Å². The molecule has 37 heavy (non-hydrogen) atoms. The molecule has 2 saturated carbocycles. The molecule has 0 amide bonds. The summed E-state index contributed by atoms with van der Waals surface area (Å²) in [5.41, 5.74) is 1.72. The van der Waals surface area contributed by atoms with Gasteiger partial charge in [0.25, 0.3) is 0 Å². The molecule has 0 radical (unpaired) electrons. The lowest BCUT2D eigenvalue weighted by atomic mass is 9.52. The van der Waals surface area contributed by atoms with Crippen molar-refractivity contribution in [1.29, 1.82) is 0 Å². The van der Waals surface area contributed by atoms with Crippen LogP contribution in [0.25, 0.3) is 16.3 Å². The number of ether oxygens (including phenoxy) is 1. The van der Waals surface area contributed by atoms with Crippen molar-refractivity contribution in [3.05, 3.63) is 47.3 Å². The molecule has 7 rings (SSSR count). The number of aromatic nitrogens is 1. The SMILES string of the molecule is CN(C)[C@H]1C[C@@]23CC[C@]4(O2)C2CC=C(c5ccc6c(Cl)nccc6c5)[C@@]2(C)CCC4(Cl)CC3[C@@H](O)[C@@H]1O. The highest BCUT2D eigenvalue weighted by molar-refractivity contribution is 6.34. The van der Waals surface area contributed by atoms with Gasteiger partial charge in [0.05, 0.1) is 28.3 Å². The lowest BCUT2D eigenvalue weighted by molar-refractivity contribution is -0.276. The third kappa shape index (κ3) is 3.10. The zero-order chi connectivity index (χ0) is 26.0. The van der Waals surface area contributed by atoms with Crippen LogP contribution in [-0.2, 0) is 4.74 Å². The Kier molecular flexibility index (Phi) is 5.31. The number of nitrogens with zero attached hydrogens (tertiary/aromatic N) is 2. The predicted octanol–water partition coefficient (Wildman–Crippen LogP) is 5.43. The molecule has 2 bridgehead atoms. The van der Waals surface area contributed by atoms with Crippen LogP contribution < -0.4 is 0 Å². The van der Waals surface area contributed by atoms with Crippen molar-refractivity contribution < 1.29 is 14.9 Å². The van der Waals surface area contributed by atoms with Crippen LogP contribution in [-0.4, -0.2) is 68.5 Å². The Balaban J connectivity index is 1.27. The summed E-state index contributed by atoms with van der Waals surface area (Å²) in [6.07, 6.45) is 8.60. The fraction of sp³-hybridized carbons (Fsp3) is 0.633. The summed E-state index contributed by atoms with van der Waals surface area (Å²) in [5, 5.41) is 24.9. The van der Waals surface area contributed by atoms with Gasteiger partial charge in [0.15, 0.2) is 0 Å². The van der Waals surface area contributed by atoms with Crippen LogP contribution in [0.5, 0.6) is 0 Å². The largest absolute Gasteiger partial charge is 0.390 e. The summed E-state index contributed by atoms with van der Waals surface area (Å²) in [6, 6.07) is 8.42. The molecule has 2 aromatic rings. The van der Waals surface area contributed by atoms with Gasteiger partial charge in [0.2, 0.25) is 0 Å². The van der Waals surface area contributed by atoms with Gasteiger partial charge < -0.3 is 19.8 Å². The van der Waals surface area contributed by atoms with Gasteiger partial charge in [0, 0.05) is 29.5 Å². The maximum Gasteiger partial charge on any atom is 0.136 e. The Bertz CT molecular complexity index is 1320. The Labute approximate surface area is 228 Å². The molecule has 3 unspecified atom stereocenters. The van der Waals surface area contributed by atoms with E-state index in [1.54, 1.807) is 6.20 Å². The minimum Gasteiger partial charge on any atom is -0.390 e. The molecule has 2 aliphatic heterocycles. The van der Waals surface area contributed by atoms with E-state index in [0.717, 1.165) is 49.3 Å². The molecule has 4 fully saturated rings. The number of aliphatic hydroxyl groups is 2. The Morgan fingerprint density at radius 1 is 1.05 bits per heavy atom. The van der Waals surface area contributed by atoms with Crippen LogP contribution in [0.4, 0.5) is 0 Å². The number of aliphatic hydroxyl groups excluding tert-OH is 2. The monoisotopic (exact) mass is 542 g/mol. The average molecular weight is 544 g/mol. The van der Waals surface area contributed by atoms with Crippen molar-refractivity contribution in [2.24, 2.45) is 17.3 Å². The van der Waals surface area contributed by atoms with Crippen LogP contribution in [0.1, 0.15) is 57.4 Å². The molecule has 1 aromatic carbocycles. The lowest BCUT2D eigenvalue weighted by Gasteiger charge is -2.65. The van der Waals surface area contributed by atoms with Crippen LogP contribution in [0.2, 0.25) is 5.15 Å². The summed E-state index contributed by atoms with van der Waals surface area (Å²) in [4.78, 5) is 5.74. The molecular formula is C30H36Cl2N2O3. The molecule has 3 heterocycles. The number of allylic oxidation sites excluding steroid dienone is 2. The molecule has 2 N–H and O–H groups in total. The maximum atomic E-state index is 11.3. The number of halogens is 2. The minimum absolute atomic E-state index is 0.0466. The highest BCUT2D eigenvalue weighted by atomic mass is 35.5. The van der Waals surface area contributed by atoms with Gasteiger partial charge >= 0.3 is 0 Å². The standard InChI is InChI=1S/C30H36Cl2N2O3/c1-27-9-11-29(32)15-21-24(35)25(36)22(34(2)3)16-28(21)10-12-30(29,37-28)23(27)7-6-20(27)18-4-5-19-17(14-18)8-13-33-26(19)31/h4-6,8,13-14,21-25,35-36H,7,9-12,15-16H2,1-3H3/t21?,22-,23?,24+,25+,27+,28+,29?,30-/m0/s1. The molecular weight excluding hydrogens is 507 g/mol. The molecule has 198 valence electrons. The number of hydrogen-bond donors (Lipinski definition) is 2. The second-order valence-electron chi connectivity index (χ2n) is 12.9. The van der Waals surface area contributed by atoms with E-state index in [1.807, 2.05) is 25.1 Å². The minimum atomic E-state index is -0.822. The summed E-state index contributed by atoms with van der Waals surface area (Å²) >= 11 is 14.0. The smallest absolute Gasteiger partial charge is 0.136 e. The molecule has 7 heteroatoms. The molecule has 5 nitrogen and oxygen atoms in total. The van der Waals surface area contributed by atoms with Gasteiger partial charge in [0.1, 0.15) is 5.15 Å². The first-order valence-corrected chi connectivity index (χ1v) is 14.5. The molecule has 2 spiro atoms. The van der Waals surface area contributed by atoms with E-state index in [1.165, 1.54) is 11.1 Å². The number of alkyl halides is 1. The predicted molar refractivity (Wildman–Crippen MR) is 147 cm³/mol. The third-order valence-electron chi connectivity index (χ3n) is 11.2. The fourth-order valence-corrected chi connectivity index (χ4v) is 10.1. The first-order chi connectivity index (χ1) is 17.5. The van der Waals surface area contributed by atoms with Crippen LogP contribution in [0, 0.1) is 17.3 Å². The zero-order valence-corrected chi connectivity index (χ0v) is 23.3. The third-order valence-corrected chi connectivity index (χ3v) is 12.2. The summed E-state index contributed by atoms with van der Waals surface area (Å²) in [5.74, 6) is 0.143. The van der Waals surface area contributed by atoms with Gasteiger partial charge in [-0.25, -0.2) is 4.98 Å². The lowest BCUT2D eigenvalue weighted by Crippen LogP contribution is -2.72. The van der Waals surface area contributed by atoms with Crippen molar-refractivity contribution in [3.8, 4) is 0 Å². The van der Waals surface area contributed by atoms with Crippen molar-refractivity contribution in [1.82, 2.24) is 9.88 Å². The normalized spacial score (nSPS) is 46.5. The average Bonchev–Trinajstić information content (AvgIpc) is 3.40. The molecule has 1 aromatic heterocycles. The molecule has 5 aliphatic rings. The van der Waals surface area contributed by atoms with E-state index in [2.05, 4.69) is 36.2 Å². The van der Waals surface area contributed by atoms with Gasteiger partial charge in [-0.3, -0.25) is 0 Å². The maximum absolute atomic E-state index is 11.3. The fourth-order valence-electron chi connectivity index (χ4n) is 9.32. The second kappa shape index (κ2) is 7.93. The van der Waals surface area contributed by atoms with Crippen LogP contribution in [0.15, 0.2) is 36.5 Å². The number of hydrogen-bond acceptors (Lipinski definition) is 5. The van der Waals surface area contributed by atoms with Crippen molar-refractivity contribution in [2.75, 3.05) is 14.1 Å². The van der Waals surface area contributed by atoms with Gasteiger partial charge in [-0.2, -0.15) is 0 Å². The number of fused-ring (bicyclic) bond motifs is 2. The van der Waals surface area contributed by atoms with E-state index in [9.17, 15) is 10.2 Å². The summed E-state index contributed by atoms with van der Waals surface area (Å²) < 4.78 is 7.34. The number of likely N-dealkylation sites (N-methyl/N-ethyl adjacent to an activating group) is 1. The summed E-state index contributed by atoms with van der Waals surface area (Å²) in [7, 11) is 3.96. The van der Waals surface area contributed by atoms with Crippen LogP contribution >= 0.6 is 23.2 Å². The topological polar surface area (TPSA) is 65.8 Å². The van der Waals surface area contributed by atoms with Crippen LogP contribution in [0.3, 0.4) is 0 Å². The number of pyridine rings is 1. The Hall–Kier alpha value is -1.21. The highest BCUT2D eigenvalue weighted by Gasteiger charge is 2.76. The first-order valence-electron chi connectivity index (χ1n) is 13.7. The Morgan fingerprint density at radius 3 is 2.65 bits per heavy atom. The highest BCUT2D eigenvalue weighted by Crippen LogP contribution is 2.73. The molecule has 9 atom stereocenters. The Morgan fingerprint density at radius 2 is 1.86 bits per heavy atom. The van der Waals surface area contributed by atoms with E-state index >= 15 is 0 Å². The second-order valence-corrected chi connectivity index (χ2v) is 14.0. The number of benzene rings is 1. The van der Waals surface area contributed by atoms with Crippen molar-refractivity contribution >= 4 is 39.5 Å². The quantitative estimate of drug-likeness (QED) is 0.391. The van der Waals surface area contributed by atoms with Gasteiger partial charge in [-0.1, -0.05) is 36.7 Å². The number of rotatable bonds is 2.